The Bertz CT molecular complexity index is 1120. The van der Waals surface area contributed by atoms with Crippen LogP contribution in [0.4, 0.5) is 4.39 Å². The van der Waals surface area contributed by atoms with E-state index >= 15 is 4.39 Å². The Kier molecular flexibility index (Phi) is 5.92. The quantitative estimate of drug-likeness (QED) is 0.326. The van der Waals surface area contributed by atoms with E-state index in [2.05, 4.69) is 18.0 Å². The fourth-order valence-corrected chi connectivity index (χ4v) is 3.78. The molecule has 1 nitrogen and oxygen atoms in total. The van der Waals surface area contributed by atoms with Crippen LogP contribution in [0, 0.1) is 5.82 Å². The molecule has 0 saturated carbocycles. The van der Waals surface area contributed by atoms with E-state index in [4.69, 9.17) is 11.6 Å². The van der Waals surface area contributed by atoms with Gasteiger partial charge in [-0.05, 0) is 65.6 Å². The number of halogens is 2. The number of hydrogen-bond acceptors (Lipinski definition) is 1. The van der Waals surface area contributed by atoms with Crippen LogP contribution in [0.2, 0.25) is 5.02 Å². The highest BCUT2D eigenvalue weighted by atomic mass is 35.5. The van der Waals surface area contributed by atoms with Gasteiger partial charge >= 0.3 is 0 Å². The van der Waals surface area contributed by atoms with Crippen LogP contribution in [-0.4, -0.2) is 4.98 Å². The first-order valence-corrected chi connectivity index (χ1v) is 10.4. The van der Waals surface area contributed by atoms with Crippen LogP contribution in [0.25, 0.3) is 22.0 Å². The van der Waals surface area contributed by atoms with Gasteiger partial charge in [0.1, 0.15) is 5.82 Å². The first kappa shape index (κ1) is 19.6. The maximum atomic E-state index is 15.1. The number of pyridine rings is 1. The minimum atomic E-state index is -0.130. The second-order valence-electron chi connectivity index (χ2n) is 7.40. The second kappa shape index (κ2) is 8.75. The van der Waals surface area contributed by atoms with Gasteiger partial charge in [0.2, 0.25) is 0 Å². The Morgan fingerprint density at radius 3 is 2.34 bits per heavy atom. The monoisotopic (exact) mass is 403 g/mol. The molecule has 1 heterocycles. The van der Waals surface area contributed by atoms with E-state index in [1.807, 2.05) is 66.9 Å². The standard InChI is InChI=1S/C26H23ClFN/c1-2-3-19-7-15-25(29-17-19)22-11-14-24-21(16-22)10-9-20(26(24)28)8-4-18-5-12-23(27)13-6-18/h5-7,9-17H,2-4,8H2,1H3. The Morgan fingerprint density at radius 2 is 1.62 bits per heavy atom. The summed E-state index contributed by atoms with van der Waals surface area (Å²) in [4.78, 5) is 4.58. The Hall–Kier alpha value is -2.71. The molecule has 0 aliphatic carbocycles. The van der Waals surface area contributed by atoms with Gasteiger partial charge in [-0.3, -0.25) is 4.98 Å². The summed E-state index contributed by atoms with van der Waals surface area (Å²) in [6.45, 7) is 2.16. The first-order valence-electron chi connectivity index (χ1n) is 10.0. The minimum absolute atomic E-state index is 0.130. The van der Waals surface area contributed by atoms with Gasteiger partial charge in [0.05, 0.1) is 5.69 Å². The Morgan fingerprint density at radius 1 is 0.828 bits per heavy atom. The number of benzene rings is 3. The predicted octanol–water partition coefficient (Wildman–Crippen LogP) is 7.43. The average Bonchev–Trinajstić information content (AvgIpc) is 2.75. The van der Waals surface area contributed by atoms with Crippen molar-refractivity contribution < 1.29 is 4.39 Å². The first-order chi connectivity index (χ1) is 14.1. The van der Waals surface area contributed by atoms with Crippen LogP contribution >= 0.6 is 11.6 Å². The molecule has 4 rings (SSSR count). The SMILES string of the molecule is CCCc1ccc(-c2ccc3c(F)c(CCc4ccc(Cl)cc4)ccc3c2)nc1. The average molecular weight is 404 g/mol. The molecular formula is C26H23ClFN. The maximum absolute atomic E-state index is 15.1. The number of aryl methyl sites for hydroxylation is 3. The van der Waals surface area contributed by atoms with Crippen molar-refractivity contribution in [3.05, 3.63) is 100 Å². The molecule has 0 bridgehead atoms. The van der Waals surface area contributed by atoms with Crippen molar-refractivity contribution in [1.29, 1.82) is 0 Å². The Labute approximate surface area is 176 Å². The molecule has 3 heteroatoms. The Balaban J connectivity index is 1.57. The van der Waals surface area contributed by atoms with Gasteiger partial charge in [-0.1, -0.05) is 67.4 Å². The molecule has 3 aromatic carbocycles. The topological polar surface area (TPSA) is 12.9 Å². The van der Waals surface area contributed by atoms with Crippen LogP contribution in [-0.2, 0) is 19.3 Å². The van der Waals surface area contributed by atoms with Crippen molar-refractivity contribution >= 4 is 22.4 Å². The molecule has 4 aromatic rings. The van der Waals surface area contributed by atoms with E-state index in [1.54, 1.807) is 0 Å². The van der Waals surface area contributed by atoms with Crippen molar-refractivity contribution in [2.45, 2.75) is 32.6 Å². The van der Waals surface area contributed by atoms with Crippen LogP contribution in [0.3, 0.4) is 0 Å². The third kappa shape index (κ3) is 4.49. The molecule has 0 atom stereocenters. The molecule has 0 radical (unpaired) electrons. The second-order valence-corrected chi connectivity index (χ2v) is 7.84. The number of nitrogens with zero attached hydrogens (tertiary/aromatic N) is 1. The molecule has 146 valence electrons. The van der Waals surface area contributed by atoms with Gasteiger partial charge in [0.25, 0.3) is 0 Å². The van der Waals surface area contributed by atoms with Gasteiger partial charge in [-0.2, -0.15) is 0 Å². The summed E-state index contributed by atoms with van der Waals surface area (Å²) in [7, 11) is 0. The lowest BCUT2D eigenvalue weighted by Crippen LogP contribution is -1.96. The highest BCUT2D eigenvalue weighted by molar-refractivity contribution is 6.30. The molecule has 0 fully saturated rings. The van der Waals surface area contributed by atoms with E-state index in [1.165, 1.54) is 5.56 Å². The summed E-state index contributed by atoms with van der Waals surface area (Å²) in [6, 6.07) is 21.6. The molecule has 0 spiro atoms. The van der Waals surface area contributed by atoms with Crippen LogP contribution in [0.15, 0.2) is 72.9 Å². The summed E-state index contributed by atoms with van der Waals surface area (Å²) in [5, 5.41) is 2.27. The van der Waals surface area contributed by atoms with Gasteiger partial charge in [0, 0.05) is 22.2 Å². The van der Waals surface area contributed by atoms with Crippen molar-refractivity contribution in [2.75, 3.05) is 0 Å². The van der Waals surface area contributed by atoms with Gasteiger partial charge < -0.3 is 0 Å². The largest absolute Gasteiger partial charge is 0.256 e. The molecule has 0 aliphatic heterocycles. The van der Waals surface area contributed by atoms with Crippen molar-refractivity contribution in [3.63, 3.8) is 0 Å². The predicted molar refractivity (Wildman–Crippen MR) is 120 cm³/mol. The molecule has 0 N–H and O–H groups in total. The number of hydrogen-bond donors (Lipinski definition) is 0. The van der Waals surface area contributed by atoms with Crippen molar-refractivity contribution in [1.82, 2.24) is 4.98 Å². The molecule has 0 unspecified atom stereocenters. The molecule has 0 amide bonds. The highest BCUT2D eigenvalue weighted by Gasteiger charge is 2.09. The maximum Gasteiger partial charge on any atom is 0.134 e. The third-order valence-corrected chi connectivity index (χ3v) is 5.54. The molecular weight excluding hydrogens is 381 g/mol. The van der Waals surface area contributed by atoms with E-state index in [9.17, 15) is 0 Å². The van der Waals surface area contributed by atoms with Gasteiger partial charge in [0.15, 0.2) is 0 Å². The number of aromatic nitrogens is 1. The van der Waals surface area contributed by atoms with Crippen LogP contribution in [0.5, 0.6) is 0 Å². The summed E-state index contributed by atoms with van der Waals surface area (Å²) in [6.07, 6.45) is 5.52. The van der Waals surface area contributed by atoms with E-state index < -0.39 is 0 Å². The fourth-order valence-electron chi connectivity index (χ4n) is 3.65. The zero-order valence-corrected chi connectivity index (χ0v) is 17.2. The zero-order valence-electron chi connectivity index (χ0n) is 16.5. The van der Waals surface area contributed by atoms with E-state index in [0.29, 0.717) is 11.8 Å². The number of rotatable bonds is 6. The highest BCUT2D eigenvalue weighted by Crippen LogP contribution is 2.27. The minimum Gasteiger partial charge on any atom is -0.256 e. The van der Waals surface area contributed by atoms with Gasteiger partial charge in [-0.25, -0.2) is 4.39 Å². The molecule has 0 saturated heterocycles. The third-order valence-electron chi connectivity index (χ3n) is 5.29. The zero-order chi connectivity index (χ0) is 20.2. The van der Waals surface area contributed by atoms with Crippen molar-refractivity contribution in [3.8, 4) is 11.3 Å². The van der Waals surface area contributed by atoms with E-state index in [-0.39, 0.29) is 5.82 Å². The summed E-state index contributed by atoms with van der Waals surface area (Å²) >= 11 is 5.93. The molecule has 1 aromatic heterocycles. The number of fused-ring (bicyclic) bond motifs is 1. The van der Waals surface area contributed by atoms with Crippen molar-refractivity contribution in [2.24, 2.45) is 0 Å². The normalized spacial score (nSPS) is 11.1. The summed E-state index contributed by atoms with van der Waals surface area (Å²) in [5.74, 6) is -0.130. The summed E-state index contributed by atoms with van der Waals surface area (Å²) in [5.41, 5.74) is 5.06. The lowest BCUT2D eigenvalue weighted by Gasteiger charge is -2.09. The smallest absolute Gasteiger partial charge is 0.134 e. The summed E-state index contributed by atoms with van der Waals surface area (Å²) < 4.78 is 15.1. The lowest BCUT2D eigenvalue weighted by atomic mass is 9.98. The van der Waals surface area contributed by atoms with E-state index in [0.717, 1.165) is 52.1 Å². The van der Waals surface area contributed by atoms with Crippen LogP contribution < -0.4 is 0 Å². The molecule has 0 aliphatic rings. The fraction of sp³-hybridized carbons (Fsp3) is 0.192. The molecule has 29 heavy (non-hydrogen) atoms. The van der Waals surface area contributed by atoms with Crippen LogP contribution in [0.1, 0.15) is 30.0 Å². The van der Waals surface area contributed by atoms with Gasteiger partial charge in [-0.15, -0.1) is 0 Å². The lowest BCUT2D eigenvalue weighted by molar-refractivity contribution is 0.620.